The molecule has 1 unspecified atom stereocenters. The molecule has 2 aromatic carbocycles. The minimum Gasteiger partial charge on any atom is -0.465 e. The normalized spacial score (nSPS) is 25.3. The van der Waals surface area contributed by atoms with E-state index in [0.717, 1.165) is 0 Å². The SMILES string of the molecule is CCOC(=O)[C@H]1[C@H](C2CCCCC2)N1C(c1ccccc1)c1ccccc1. The number of rotatable bonds is 6. The Bertz CT molecular complexity index is 700. The molecule has 142 valence electrons. The van der Waals surface area contributed by atoms with Crippen molar-refractivity contribution in [3.63, 3.8) is 0 Å². The van der Waals surface area contributed by atoms with Gasteiger partial charge in [0.05, 0.1) is 12.6 Å². The van der Waals surface area contributed by atoms with Crippen molar-refractivity contribution in [2.24, 2.45) is 5.92 Å². The Hall–Kier alpha value is -2.13. The lowest BCUT2D eigenvalue weighted by Gasteiger charge is -2.25. The highest BCUT2D eigenvalue weighted by Crippen LogP contribution is 2.49. The molecule has 2 fully saturated rings. The minimum absolute atomic E-state index is 0.0510. The van der Waals surface area contributed by atoms with Crippen LogP contribution in [0.25, 0.3) is 0 Å². The highest BCUT2D eigenvalue weighted by molar-refractivity contribution is 5.80. The lowest BCUT2D eigenvalue weighted by Crippen LogP contribution is -2.20. The number of esters is 1. The molecule has 0 N–H and O–H groups in total. The Kier molecular flexibility index (Phi) is 5.58. The Morgan fingerprint density at radius 2 is 1.52 bits per heavy atom. The van der Waals surface area contributed by atoms with E-state index in [9.17, 15) is 4.79 Å². The van der Waals surface area contributed by atoms with E-state index < -0.39 is 0 Å². The van der Waals surface area contributed by atoms with Crippen LogP contribution in [0, 0.1) is 5.92 Å². The number of ether oxygens (including phenoxy) is 1. The highest BCUT2D eigenvalue weighted by atomic mass is 16.5. The molecule has 3 atom stereocenters. The Morgan fingerprint density at radius 3 is 2.04 bits per heavy atom. The van der Waals surface area contributed by atoms with Crippen LogP contribution in [0.15, 0.2) is 60.7 Å². The summed E-state index contributed by atoms with van der Waals surface area (Å²) in [5.74, 6) is 0.549. The van der Waals surface area contributed by atoms with E-state index in [1.54, 1.807) is 0 Å². The third-order valence-corrected chi connectivity index (χ3v) is 6.09. The van der Waals surface area contributed by atoms with E-state index >= 15 is 0 Å². The molecule has 3 heteroatoms. The molecule has 0 spiro atoms. The van der Waals surface area contributed by atoms with E-state index in [0.29, 0.717) is 18.6 Å². The topological polar surface area (TPSA) is 29.3 Å². The molecule has 0 aromatic heterocycles. The largest absolute Gasteiger partial charge is 0.465 e. The predicted molar refractivity (Wildman–Crippen MR) is 107 cm³/mol. The minimum atomic E-state index is -0.113. The summed E-state index contributed by atoms with van der Waals surface area (Å²) >= 11 is 0. The van der Waals surface area contributed by atoms with Crippen molar-refractivity contribution in [3.8, 4) is 0 Å². The lowest BCUT2D eigenvalue weighted by atomic mass is 9.85. The molecule has 2 aliphatic rings. The van der Waals surface area contributed by atoms with E-state index in [2.05, 4.69) is 65.6 Å². The van der Waals surface area contributed by atoms with Crippen molar-refractivity contribution in [1.29, 1.82) is 0 Å². The second-order valence-corrected chi connectivity index (χ2v) is 7.76. The van der Waals surface area contributed by atoms with Gasteiger partial charge in [-0.25, -0.2) is 0 Å². The highest BCUT2D eigenvalue weighted by Gasteiger charge is 2.59. The molecule has 1 heterocycles. The first-order chi connectivity index (χ1) is 13.3. The summed E-state index contributed by atoms with van der Waals surface area (Å²) in [6, 6.07) is 21.5. The van der Waals surface area contributed by atoms with Crippen molar-refractivity contribution >= 4 is 5.97 Å². The van der Waals surface area contributed by atoms with Gasteiger partial charge in [0.15, 0.2) is 0 Å². The number of hydrogen-bond acceptors (Lipinski definition) is 3. The van der Waals surface area contributed by atoms with Crippen molar-refractivity contribution < 1.29 is 9.53 Å². The van der Waals surface area contributed by atoms with Gasteiger partial charge in [-0.3, -0.25) is 9.69 Å². The van der Waals surface area contributed by atoms with Gasteiger partial charge >= 0.3 is 5.97 Å². The second kappa shape index (κ2) is 8.26. The average molecular weight is 364 g/mol. The third-order valence-electron chi connectivity index (χ3n) is 6.09. The Balaban J connectivity index is 1.69. The van der Waals surface area contributed by atoms with Crippen LogP contribution in [0.1, 0.15) is 56.2 Å². The fraction of sp³-hybridized carbons (Fsp3) is 0.458. The van der Waals surface area contributed by atoms with Crippen LogP contribution in [0.4, 0.5) is 0 Å². The van der Waals surface area contributed by atoms with Crippen LogP contribution in [-0.2, 0) is 9.53 Å². The molecular weight excluding hydrogens is 334 g/mol. The molecule has 1 aliphatic heterocycles. The maximum absolute atomic E-state index is 12.8. The molecule has 0 radical (unpaired) electrons. The maximum atomic E-state index is 12.8. The summed E-state index contributed by atoms with van der Waals surface area (Å²) in [6.45, 7) is 2.34. The van der Waals surface area contributed by atoms with Gasteiger partial charge in [-0.05, 0) is 36.8 Å². The van der Waals surface area contributed by atoms with Gasteiger partial charge in [0.1, 0.15) is 6.04 Å². The first kappa shape index (κ1) is 18.2. The fourth-order valence-electron chi connectivity index (χ4n) is 4.87. The summed E-state index contributed by atoms with van der Waals surface area (Å²) < 4.78 is 5.46. The van der Waals surface area contributed by atoms with Crippen molar-refractivity contribution in [1.82, 2.24) is 4.90 Å². The van der Waals surface area contributed by atoms with Gasteiger partial charge in [-0.1, -0.05) is 79.9 Å². The zero-order chi connectivity index (χ0) is 18.6. The number of nitrogens with zero attached hydrogens (tertiary/aromatic N) is 1. The summed E-state index contributed by atoms with van der Waals surface area (Å²) in [5, 5.41) is 0. The Labute approximate surface area is 162 Å². The van der Waals surface area contributed by atoms with Crippen molar-refractivity contribution in [2.45, 2.75) is 57.2 Å². The number of hydrogen-bond donors (Lipinski definition) is 0. The Morgan fingerprint density at radius 1 is 0.963 bits per heavy atom. The summed E-state index contributed by atoms with van der Waals surface area (Å²) in [6.07, 6.45) is 6.35. The van der Waals surface area contributed by atoms with Gasteiger partial charge < -0.3 is 4.74 Å². The smallest absolute Gasteiger partial charge is 0.325 e. The molecule has 1 aliphatic carbocycles. The van der Waals surface area contributed by atoms with Crippen LogP contribution in [-0.4, -0.2) is 29.6 Å². The monoisotopic (exact) mass is 363 g/mol. The van der Waals surface area contributed by atoms with E-state index in [-0.39, 0.29) is 18.1 Å². The molecule has 1 saturated carbocycles. The summed E-state index contributed by atoms with van der Waals surface area (Å²) in [5.41, 5.74) is 2.49. The standard InChI is InChI=1S/C24H29NO2/c1-2-27-24(26)23-22(20-16-10-5-11-17-20)25(23)21(18-12-6-3-7-13-18)19-14-8-4-9-15-19/h3-4,6-9,12-15,20-23H,2,5,10-11,16-17H2,1H3/t22-,23+,25?/m0/s1. The molecular formula is C24H29NO2. The second-order valence-electron chi connectivity index (χ2n) is 7.76. The van der Waals surface area contributed by atoms with Gasteiger partial charge in [0, 0.05) is 6.04 Å². The molecule has 4 rings (SSSR count). The van der Waals surface area contributed by atoms with Crippen LogP contribution >= 0.6 is 0 Å². The third kappa shape index (κ3) is 3.79. The van der Waals surface area contributed by atoms with Crippen LogP contribution in [0.2, 0.25) is 0 Å². The van der Waals surface area contributed by atoms with Crippen molar-refractivity contribution in [2.75, 3.05) is 6.61 Å². The molecule has 0 amide bonds. The first-order valence-corrected chi connectivity index (χ1v) is 10.3. The van der Waals surface area contributed by atoms with Crippen molar-refractivity contribution in [3.05, 3.63) is 71.8 Å². The van der Waals surface area contributed by atoms with E-state index in [1.165, 1.54) is 43.2 Å². The zero-order valence-corrected chi connectivity index (χ0v) is 16.1. The van der Waals surface area contributed by atoms with Gasteiger partial charge in [0.25, 0.3) is 0 Å². The molecule has 3 nitrogen and oxygen atoms in total. The number of carbonyl (C=O) groups is 1. The van der Waals surface area contributed by atoms with Crippen LogP contribution in [0.3, 0.4) is 0 Å². The maximum Gasteiger partial charge on any atom is 0.325 e. The lowest BCUT2D eigenvalue weighted by molar-refractivity contribution is -0.143. The predicted octanol–water partition coefficient (Wildman–Crippen LogP) is 4.97. The number of carbonyl (C=O) groups excluding carboxylic acids is 1. The first-order valence-electron chi connectivity index (χ1n) is 10.3. The molecule has 27 heavy (non-hydrogen) atoms. The number of benzene rings is 2. The average Bonchev–Trinajstić information content (AvgIpc) is 3.46. The van der Waals surface area contributed by atoms with Gasteiger partial charge in [-0.2, -0.15) is 0 Å². The molecule has 2 aromatic rings. The van der Waals surface area contributed by atoms with Crippen LogP contribution in [0.5, 0.6) is 0 Å². The zero-order valence-electron chi connectivity index (χ0n) is 16.1. The fourth-order valence-corrected chi connectivity index (χ4v) is 4.87. The van der Waals surface area contributed by atoms with Crippen LogP contribution < -0.4 is 0 Å². The van der Waals surface area contributed by atoms with Gasteiger partial charge in [-0.15, -0.1) is 0 Å². The summed E-state index contributed by atoms with van der Waals surface area (Å²) in [4.78, 5) is 15.2. The molecule has 1 saturated heterocycles. The quantitative estimate of drug-likeness (QED) is 0.536. The van der Waals surface area contributed by atoms with E-state index in [4.69, 9.17) is 4.74 Å². The van der Waals surface area contributed by atoms with E-state index in [1.807, 2.05) is 6.92 Å². The summed E-state index contributed by atoms with van der Waals surface area (Å²) in [7, 11) is 0. The van der Waals surface area contributed by atoms with Gasteiger partial charge in [0.2, 0.25) is 0 Å². The molecule has 0 bridgehead atoms.